The third kappa shape index (κ3) is 2.06. The monoisotopic (exact) mass is 215 g/mol. The van der Waals surface area contributed by atoms with Gasteiger partial charge in [0.05, 0.1) is 0 Å². The second-order valence-electron chi connectivity index (χ2n) is 4.21. The van der Waals surface area contributed by atoms with Gasteiger partial charge in [-0.2, -0.15) is 11.8 Å². The minimum Gasteiger partial charge on any atom is -0.480 e. The molecular formula is C10H17NO2S. The minimum atomic E-state index is -0.672. The smallest absolute Gasteiger partial charge is 0.320 e. The van der Waals surface area contributed by atoms with Crippen LogP contribution in [0.25, 0.3) is 0 Å². The summed E-state index contributed by atoms with van der Waals surface area (Å²) in [5.41, 5.74) is 0. The molecule has 1 N–H and O–H groups in total. The first-order valence-electron chi connectivity index (χ1n) is 5.28. The van der Waals surface area contributed by atoms with E-state index in [0.29, 0.717) is 12.1 Å². The van der Waals surface area contributed by atoms with Gasteiger partial charge in [-0.05, 0) is 31.9 Å². The molecule has 0 radical (unpaired) electrons. The molecule has 2 atom stereocenters. The lowest BCUT2D eigenvalue weighted by Gasteiger charge is -2.31. The fourth-order valence-electron chi connectivity index (χ4n) is 2.19. The molecule has 4 heteroatoms. The molecule has 80 valence electrons. The number of hydrogen-bond donors (Lipinski definition) is 1. The lowest BCUT2D eigenvalue weighted by atomic mass is 10.1. The highest BCUT2D eigenvalue weighted by Gasteiger charge is 2.40. The van der Waals surface area contributed by atoms with E-state index in [4.69, 9.17) is 5.11 Å². The van der Waals surface area contributed by atoms with Crippen molar-refractivity contribution in [1.82, 2.24) is 4.90 Å². The van der Waals surface area contributed by atoms with Crippen molar-refractivity contribution in [2.24, 2.45) is 0 Å². The molecule has 0 spiro atoms. The highest BCUT2D eigenvalue weighted by atomic mass is 32.2. The maximum absolute atomic E-state index is 11.0. The largest absolute Gasteiger partial charge is 0.480 e. The van der Waals surface area contributed by atoms with Gasteiger partial charge in [0, 0.05) is 17.8 Å². The Morgan fingerprint density at radius 3 is 2.57 bits per heavy atom. The lowest BCUT2D eigenvalue weighted by Crippen LogP contribution is -2.47. The van der Waals surface area contributed by atoms with Crippen molar-refractivity contribution in [2.45, 2.75) is 44.3 Å². The van der Waals surface area contributed by atoms with Crippen molar-refractivity contribution in [1.29, 1.82) is 0 Å². The Kier molecular flexibility index (Phi) is 3.02. The summed E-state index contributed by atoms with van der Waals surface area (Å²) in [4.78, 5) is 13.2. The molecule has 14 heavy (non-hydrogen) atoms. The van der Waals surface area contributed by atoms with Crippen molar-refractivity contribution in [3.05, 3.63) is 0 Å². The zero-order chi connectivity index (χ0) is 10.1. The van der Waals surface area contributed by atoms with Gasteiger partial charge in [-0.25, -0.2) is 0 Å². The highest BCUT2D eigenvalue weighted by molar-refractivity contribution is 7.99. The van der Waals surface area contributed by atoms with E-state index in [1.807, 2.05) is 18.7 Å². The van der Waals surface area contributed by atoms with Crippen molar-refractivity contribution in [3.8, 4) is 0 Å². The van der Waals surface area contributed by atoms with Gasteiger partial charge in [-0.15, -0.1) is 0 Å². The molecule has 2 fully saturated rings. The van der Waals surface area contributed by atoms with Gasteiger partial charge in [0.2, 0.25) is 0 Å². The van der Waals surface area contributed by atoms with Crippen LogP contribution < -0.4 is 0 Å². The molecule has 2 aliphatic rings. The van der Waals surface area contributed by atoms with E-state index < -0.39 is 5.97 Å². The van der Waals surface area contributed by atoms with E-state index in [0.717, 1.165) is 5.75 Å². The molecule has 1 aliphatic heterocycles. The molecule has 0 amide bonds. The van der Waals surface area contributed by atoms with Crippen LogP contribution >= 0.6 is 11.8 Å². The number of thioether (sulfide) groups is 1. The third-order valence-electron chi connectivity index (χ3n) is 3.10. The van der Waals surface area contributed by atoms with Crippen LogP contribution in [0.15, 0.2) is 0 Å². The predicted octanol–water partition coefficient (Wildman–Crippen LogP) is 1.43. The average molecular weight is 215 g/mol. The molecule has 0 aromatic carbocycles. The van der Waals surface area contributed by atoms with Crippen molar-refractivity contribution >= 4 is 17.7 Å². The second kappa shape index (κ2) is 4.11. The number of carboxylic acid groups (broad SMARTS) is 1. The minimum absolute atomic E-state index is 0.300. The topological polar surface area (TPSA) is 40.5 Å². The Morgan fingerprint density at radius 1 is 1.43 bits per heavy atom. The van der Waals surface area contributed by atoms with Crippen LogP contribution in [0.4, 0.5) is 0 Å². The van der Waals surface area contributed by atoms with Gasteiger partial charge < -0.3 is 5.11 Å². The predicted molar refractivity (Wildman–Crippen MR) is 57.7 cm³/mol. The first kappa shape index (κ1) is 10.3. The number of aliphatic carboxylic acids is 1. The first-order chi connectivity index (χ1) is 6.70. The summed E-state index contributed by atoms with van der Waals surface area (Å²) in [6.07, 6.45) is 3.55. The van der Waals surface area contributed by atoms with Crippen LogP contribution in [0.2, 0.25) is 0 Å². The van der Waals surface area contributed by atoms with Crippen LogP contribution in [0.5, 0.6) is 0 Å². The molecule has 3 nitrogen and oxygen atoms in total. The van der Waals surface area contributed by atoms with Crippen LogP contribution in [0.1, 0.15) is 26.2 Å². The maximum Gasteiger partial charge on any atom is 0.320 e. The summed E-state index contributed by atoms with van der Waals surface area (Å²) >= 11 is 1.95. The summed E-state index contributed by atoms with van der Waals surface area (Å²) in [7, 11) is 0. The lowest BCUT2D eigenvalue weighted by molar-refractivity contribution is -0.143. The van der Waals surface area contributed by atoms with Gasteiger partial charge in [0.1, 0.15) is 6.04 Å². The quantitative estimate of drug-likeness (QED) is 0.770. The zero-order valence-electron chi connectivity index (χ0n) is 8.48. The molecule has 2 rings (SSSR count). The molecular weight excluding hydrogens is 198 g/mol. The molecule has 0 aromatic rings. The molecule has 0 bridgehead atoms. The van der Waals surface area contributed by atoms with Crippen LogP contribution in [-0.2, 0) is 4.79 Å². The summed E-state index contributed by atoms with van der Waals surface area (Å²) in [6, 6.07) is 0.773. The number of carbonyl (C=O) groups is 1. The van der Waals surface area contributed by atoms with Gasteiger partial charge >= 0.3 is 5.97 Å². The molecule has 1 saturated carbocycles. The maximum atomic E-state index is 11.0. The number of hydrogen-bond acceptors (Lipinski definition) is 3. The normalized spacial score (nSPS) is 29.4. The Labute approximate surface area is 88.9 Å². The van der Waals surface area contributed by atoms with Gasteiger partial charge in [-0.3, -0.25) is 9.69 Å². The SMILES string of the molecule is C[C@@H](C(=O)O)N(C1CC1)[C@@H]1CCSC1. The fraction of sp³-hybridized carbons (Fsp3) is 0.900. The van der Waals surface area contributed by atoms with E-state index in [9.17, 15) is 4.79 Å². The summed E-state index contributed by atoms with van der Waals surface area (Å²) in [5, 5.41) is 9.04. The Hall–Kier alpha value is -0.220. The van der Waals surface area contributed by atoms with Crippen LogP contribution in [0, 0.1) is 0 Å². The molecule has 1 saturated heterocycles. The fourth-order valence-corrected chi connectivity index (χ4v) is 3.40. The Balaban J connectivity index is 2.02. The van der Waals surface area contributed by atoms with Gasteiger partial charge in [-0.1, -0.05) is 0 Å². The van der Waals surface area contributed by atoms with Gasteiger partial charge in [0.15, 0.2) is 0 Å². The van der Waals surface area contributed by atoms with E-state index in [2.05, 4.69) is 4.90 Å². The third-order valence-corrected chi connectivity index (χ3v) is 4.25. The van der Waals surface area contributed by atoms with Crippen molar-refractivity contribution < 1.29 is 9.90 Å². The number of rotatable bonds is 4. The molecule has 0 unspecified atom stereocenters. The second-order valence-corrected chi connectivity index (χ2v) is 5.36. The Bertz CT molecular complexity index is 224. The van der Waals surface area contributed by atoms with Crippen molar-refractivity contribution in [3.63, 3.8) is 0 Å². The molecule has 0 aromatic heterocycles. The van der Waals surface area contributed by atoms with Gasteiger partial charge in [0.25, 0.3) is 0 Å². The van der Waals surface area contributed by atoms with E-state index in [1.54, 1.807) is 0 Å². The zero-order valence-corrected chi connectivity index (χ0v) is 9.30. The molecule has 1 aliphatic carbocycles. The standard InChI is InChI=1S/C10H17NO2S/c1-7(10(12)13)11(8-2-3-8)9-4-5-14-6-9/h7-9H,2-6H2,1H3,(H,12,13)/t7-,9+/m0/s1. The summed E-state index contributed by atoms with van der Waals surface area (Å²) in [5.74, 6) is 1.64. The first-order valence-corrected chi connectivity index (χ1v) is 6.43. The van der Waals surface area contributed by atoms with E-state index in [1.165, 1.54) is 25.0 Å². The average Bonchev–Trinajstić information content (AvgIpc) is 2.81. The van der Waals surface area contributed by atoms with Crippen LogP contribution in [0.3, 0.4) is 0 Å². The van der Waals surface area contributed by atoms with Crippen molar-refractivity contribution in [2.75, 3.05) is 11.5 Å². The highest BCUT2D eigenvalue weighted by Crippen LogP contribution is 2.35. The van der Waals surface area contributed by atoms with E-state index >= 15 is 0 Å². The summed E-state index contributed by atoms with van der Waals surface area (Å²) < 4.78 is 0. The Morgan fingerprint density at radius 2 is 2.14 bits per heavy atom. The number of carboxylic acids is 1. The van der Waals surface area contributed by atoms with Crippen LogP contribution in [-0.4, -0.2) is 45.6 Å². The number of nitrogens with zero attached hydrogens (tertiary/aromatic N) is 1. The molecule has 1 heterocycles. The summed E-state index contributed by atoms with van der Waals surface area (Å²) in [6.45, 7) is 1.82. The van der Waals surface area contributed by atoms with E-state index in [-0.39, 0.29) is 6.04 Å².